The first-order valence-electron chi connectivity index (χ1n) is 9.04. The van der Waals surface area contributed by atoms with E-state index in [-0.39, 0.29) is 0 Å². The number of thiophene rings is 1. The van der Waals surface area contributed by atoms with Crippen LogP contribution in [0.4, 0.5) is 5.82 Å². The van der Waals surface area contributed by atoms with Crippen LogP contribution in [0.15, 0.2) is 23.6 Å². The molecule has 0 N–H and O–H groups in total. The first kappa shape index (κ1) is 17.5. The Bertz CT molecular complexity index is 881. The molecule has 0 amide bonds. The van der Waals surface area contributed by atoms with Crippen LogP contribution < -0.4 is 4.90 Å². The van der Waals surface area contributed by atoms with E-state index in [4.69, 9.17) is 14.8 Å². The van der Waals surface area contributed by atoms with E-state index in [1.807, 2.05) is 4.52 Å². The van der Waals surface area contributed by atoms with Gasteiger partial charge in [-0.1, -0.05) is 6.07 Å². The number of aromatic nitrogens is 3. The summed E-state index contributed by atoms with van der Waals surface area (Å²) in [5, 5.41) is 6.94. The molecule has 6 nitrogen and oxygen atoms in total. The Morgan fingerprint density at radius 2 is 2.00 bits per heavy atom. The Morgan fingerprint density at radius 3 is 2.69 bits per heavy atom. The Balaban J connectivity index is 1.67. The van der Waals surface area contributed by atoms with E-state index in [9.17, 15) is 0 Å². The number of anilines is 1. The minimum absolute atomic E-state index is 0.793. The highest BCUT2D eigenvalue weighted by atomic mass is 32.1. The van der Waals surface area contributed by atoms with Crippen LogP contribution in [0.2, 0.25) is 0 Å². The average molecular weight is 372 g/mol. The second-order valence-corrected chi connectivity index (χ2v) is 7.70. The molecule has 4 rings (SSSR count). The second-order valence-electron chi connectivity index (χ2n) is 6.75. The molecule has 0 bridgehead atoms. The predicted octanol–water partition coefficient (Wildman–Crippen LogP) is 2.84. The van der Waals surface area contributed by atoms with E-state index >= 15 is 0 Å². The molecular formula is C19H25N5OS. The van der Waals surface area contributed by atoms with Crippen molar-refractivity contribution in [3.05, 3.63) is 35.0 Å². The number of ether oxygens (including phenoxy) is 1. The maximum Gasteiger partial charge on any atom is 0.166 e. The molecule has 0 aromatic carbocycles. The van der Waals surface area contributed by atoms with Crippen molar-refractivity contribution in [3.8, 4) is 10.4 Å². The van der Waals surface area contributed by atoms with Gasteiger partial charge in [-0.15, -0.1) is 11.3 Å². The highest BCUT2D eigenvalue weighted by Gasteiger charge is 2.22. The number of nitrogens with zero attached hydrogens (tertiary/aromatic N) is 5. The van der Waals surface area contributed by atoms with E-state index < -0.39 is 0 Å². The molecular weight excluding hydrogens is 346 g/mol. The molecule has 0 radical (unpaired) electrons. The van der Waals surface area contributed by atoms with Crippen LogP contribution in [0.5, 0.6) is 0 Å². The summed E-state index contributed by atoms with van der Waals surface area (Å²) < 4.78 is 7.23. The minimum Gasteiger partial charge on any atom is -0.383 e. The molecule has 0 atom stereocenters. The molecule has 138 valence electrons. The molecule has 3 aromatic rings. The summed E-state index contributed by atoms with van der Waals surface area (Å²) in [6.45, 7) is 10.0. The lowest BCUT2D eigenvalue weighted by molar-refractivity contribution is 0.144. The van der Waals surface area contributed by atoms with Crippen LogP contribution in [0.3, 0.4) is 0 Å². The molecule has 26 heavy (non-hydrogen) atoms. The molecule has 1 fully saturated rings. The normalized spacial score (nSPS) is 15.9. The van der Waals surface area contributed by atoms with Gasteiger partial charge >= 0.3 is 0 Å². The van der Waals surface area contributed by atoms with Gasteiger partial charge < -0.3 is 9.64 Å². The molecule has 1 saturated heterocycles. The average Bonchev–Trinajstić information content (AvgIpc) is 3.26. The highest BCUT2D eigenvalue weighted by molar-refractivity contribution is 7.13. The number of hydrogen-bond acceptors (Lipinski definition) is 6. The molecule has 0 spiro atoms. The molecule has 1 aliphatic rings. The molecule has 7 heteroatoms. The van der Waals surface area contributed by atoms with Gasteiger partial charge in [0.2, 0.25) is 0 Å². The van der Waals surface area contributed by atoms with Gasteiger partial charge in [0.25, 0.3) is 0 Å². The van der Waals surface area contributed by atoms with Crippen LogP contribution in [0.25, 0.3) is 16.1 Å². The summed E-state index contributed by atoms with van der Waals surface area (Å²) in [6, 6.07) is 6.38. The van der Waals surface area contributed by atoms with Crippen molar-refractivity contribution in [3.63, 3.8) is 0 Å². The standard InChI is InChI=1S/C19H25N5OS/c1-14-13-17(23-8-6-22(7-9-23)10-11-25-3)24-19(20-14)18(15(2)21-24)16-5-4-12-26-16/h4-5,12-13H,6-11H2,1-3H3. The number of piperazine rings is 1. The number of hydrogen-bond donors (Lipinski definition) is 0. The first-order valence-corrected chi connectivity index (χ1v) is 9.92. The lowest BCUT2D eigenvalue weighted by Crippen LogP contribution is -2.47. The summed E-state index contributed by atoms with van der Waals surface area (Å²) in [4.78, 5) is 10.9. The summed E-state index contributed by atoms with van der Waals surface area (Å²) in [5.74, 6) is 1.14. The largest absolute Gasteiger partial charge is 0.383 e. The third-order valence-corrected chi connectivity index (χ3v) is 5.84. The van der Waals surface area contributed by atoms with E-state index in [0.717, 1.165) is 67.7 Å². The van der Waals surface area contributed by atoms with Gasteiger partial charge in [0.15, 0.2) is 5.65 Å². The predicted molar refractivity (Wildman–Crippen MR) is 106 cm³/mol. The van der Waals surface area contributed by atoms with Crippen molar-refractivity contribution in [1.82, 2.24) is 19.5 Å². The van der Waals surface area contributed by atoms with Crippen LogP contribution in [-0.2, 0) is 4.74 Å². The summed E-state index contributed by atoms with van der Waals surface area (Å²) >= 11 is 1.74. The van der Waals surface area contributed by atoms with Gasteiger partial charge in [-0.3, -0.25) is 4.90 Å². The fraction of sp³-hybridized carbons (Fsp3) is 0.474. The molecule has 4 heterocycles. The van der Waals surface area contributed by atoms with Gasteiger partial charge in [-0.2, -0.15) is 9.61 Å². The van der Waals surface area contributed by atoms with E-state index in [1.54, 1.807) is 18.4 Å². The monoisotopic (exact) mass is 371 g/mol. The topological polar surface area (TPSA) is 45.9 Å². The second kappa shape index (κ2) is 7.34. The van der Waals surface area contributed by atoms with Crippen molar-refractivity contribution < 1.29 is 4.74 Å². The molecule has 1 aliphatic heterocycles. The lowest BCUT2D eigenvalue weighted by atomic mass is 10.2. The van der Waals surface area contributed by atoms with Crippen molar-refractivity contribution in [2.24, 2.45) is 0 Å². The van der Waals surface area contributed by atoms with E-state index in [2.05, 4.69) is 47.2 Å². The van der Waals surface area contributed by atoms with Crippen molar-refractivity contribution >= 4 is 22.8 Å². The van der Waals surface area contributed by atoms with Gasteiger partial charge in [0.05, 0.1) is 17.9 Å². The molecule has 0 saturated carbocycles. The number of rotatable bonds is 5. The number of methoxy groups -OCH3 is 1. The highest BCUT2D eigenvalue weighted by Crippen LogP contribution is 2.33. The number of fused-ring (bicyclic) bond motifs is 1. The van der Waals surface area contributed by atoms with Crippen LogP contribution in [0, 0.1) is 13.8 Å². The zero-order valence-electron chi connectivity index (χ0n) is 15.6. The van der Waals surface area contributed by atoms with Crippen molar-refractivity contribution in [2.45, 2.75) is 13.8 Å². The van der Waals surface area contributed by atoms with E-state index in [1.165, 1.54) is 4.88 Å². The first-order chi connectivity index (χ1) is 12.7. The third kappa shape index (κ3) is 3.22. The Labute approximate surface area is 158 Å². The Hall–Kier alpha value is -1.96. The number of aryl methyl sites for hydroxylation is 2. The van der Waals surface area contributed by atoms with Gasteiger partial charge in [0.1, 0.15) is 5.82 Å². The van der Waals surface area contributed by atoms with Crippen LogP contribution in [0.1, 0.15) is 11.4 Å². The zero-order valence-corrected chi connectivity index (χ0v) is 16.4. The van der Waals surface area contributed by atoms with Gasteiger partial charge in [-0.25, -0.2) is 4.98 Å². The third-order valence-electron chi connectivity index (χ3n) is 4.95. The smallest absolute Gasteiger partial charge is 0.166 e. The van der Waals surface area contributed by atoms with Crippen LogP contribution in [-0.4, -0.2) is 65.9 Å². The van der Waals surface area contributed by atoms with Gasteiger partial charge in [0, 0.05) is 56.5 Å². The maximum absolute atomic E-state index is 5.20. The summed E-state index contributed by atoms with van der Waals surface area (Å²) in [7, 11) is 1.76. The Morgan fingerprint density at radius 1 is 1.19 bits per heavy atom. The quantitative estimate of drug-likeness (QED) is 0.690. The molecule has 0 unspecified atom stereocenters. The maximum atomic E-state index is 5.20. The summed E-state index contributed by atoms with van der Waals surface area (Å²) in [5.41, 5.74) is 4.18. The van der Waals surface area contributed by atoms with Gasteiger partial charge in [-0.05, 0) is 25.3 Å². The van der Waals surface area contributed by atoms with Crippen molar-refractivity contribution in [2.75, 3.05) is 51.3 Å². The lowest BCUT2D eigenvalue weighted by Gasteiger charge is -2.35. The minimum atomic E-state index is 0.793. The fourth-order valence-electron chi connectivity index (χ4n) is 3.58. The molecule has 0 aliphatic carbocycles. The Kier molecular flexibility index (Phi) is 4.93. The van der Waals surface area contributed by atoms with Crippen molar-refractivity contribution in [1.29, 1.82) is 0 Å². The fourth-order valence-corrected chi connectivity index (χ4v) is 4.40. The summed E-state index contributed by atoms with van der Waals surface area (Å²) in [6.07, 6.45) is 0. The molecule has 3 aromatic heterocycles. The SMILES string of the molecule is COCCN1CCN(c2cc(C)nc3c(-c4cccs4)c(C)nn23)CC1. The van der Waals surface area contributed by atoms with Crippen LogP contribution >= 0.6 is 11.3 Å². The van der Waals surface area contributed by atoms with E-state index in [0.29, 0.717) is 0 Å². The zero-order chi connectivity index (χ0) is 18.1.